The molecule has 0 saturated heterocycles. The minimum absolute atomic E-state index is 0.0574. The molecule has 116 valence electrons. The van der Waals surface area contributed by atoms with Crippen LogP contribution in [0.25, 0.3) is 0 Å². The quantitative estimate of drug-likeness (QED) is 0.739. The zero-order valence-corrected chi connectivity index (χ0v) is 13.3. The first-order valence-electron chi connectivity index (χ1n) is 6.87. The van der Waals surface area contributed by atoms with E-state index < -0.39 is 11.3 Å². The number of halogens is 2. The van der Waals surface area contributed by atoms with Crippen LogP contribution in [0.4, 0.5) is 5.69 Å². The molecule has 4 nitrogen and oxygen atoms in total. The number of rotatable bonds is 3. The van der Waals surface area contributed by atoms with Gasteiger partial charge in [-0.2, -0.15) is 0 Å². The fraction of sp³-hybridized carbons (Fsp3) is 0.118. The van der Waals surface area contributed by atoms with Gasteiger partial charge in [0.15, 0.2) is 11.6 Å². The predicted octanol–water partition coefficient (Wildman–Crippen LogP) is 3.25. The fourth-order valence-corrected chi connectivity index (χ4v) is 2.73. The highest BCUT2D eigenvalue weighted by atomic mass is 35.5. The van der Waals surface area contributed by atoms with Crippen molar-refractivity contribution in [3.63, 3.8) is 0 Å². The Morgan fingerprint density at radius 1 is 0.957 bits per heavy atom. The van der Waals surface area contributed by atoms with Crippen molar-refractivity contribution in [1.82, 2.24) is 0 Å². The lowest BCUT2D eigenvalue weighted by atomic mass is 9.83. The van der Waals surface area contributed by atoms with Crippen LogP contribution in [-0.2, 0) is 4.79 Å². The smallest absolute Gasteiger partial charge is 0.243 e. The second kappa shape index (κ2) is 6.14. The van der Waals surface area contributed by atoms with Crippen LogP contribution in [0.5, 0.6) is 0 Å². The van der Waals surface area contributed by atoms with Gasteiger partial charge in [-0.3, -0.25) is 14.4 Å². The largest absolute Gasteiger partial charge is 0.324 e. The Morgan fingerprint density at radius 2 is 1.57 bits per heavy atom. The van der Waals surface area contributed by atoms with E-state index >= 15 is 0 Å². The van der Waals surface area contributed by atoms with Crippen molar-refractivity contribution in [2.24, 2.45) is 0 Å². The van der Waals surface area contributed by atoms with E-state index in [2.05, 4.69) is 5.32 Å². The summed E-state index contributed by atoms with van der Waals surface area (Å²) in [5.74, 6) is -1.12. The number of carbonyl (C=O) groups excluding carboxylic acids is 3. The summed E-state index contributed by atoms with van der Waals surface area (Å²) >= 11 is 11.4. The van der Waals surface area contributed by atoms with Crippen LogP contribution in [0.2, 0.25) is 0 Å². The molecule has 0 aliphatic heterocycles. The number of carbonyl (C=O) groups is 3. The number of benzene rings is 2. The fourth-order valence-electron chi connectivity index (χ4n) is 2.53. The summed E-state index contributed by atoms with van der Waals surface area (Å²) in [6.07, 6.45) is 0. The molecule has 0 aromatic heterocycles. The van der Waals surface area contributed by atoms with Crippen LogP contribution in [0.15, 0.2) is 42.5 Å². The number of nitrogens with one attached hydrogen (secondary N) is 1. The molecule has 0 saturated carbocycles. The minimum Gasteiger partial charge on any atom is -0.324 e. The van der Waals surface area contributed by atoms with Crippen LogP contribution < -0.4 is 5.32 Å². The minimum atomic E-state index is -0.922. The number of alkyl halides is 2. The van der Waals surface area contributed by atoms with E-state index in [1.807, 2.05) is 0 Å². The molecule has 1 amide bonds. The Morgan fingerprint density at radius 3 is 2.22 bits per heavy atom. The van der Waals surface area contributed by atoms with Crippen LogP contribution in [-0.4, -0.2) is 28.7 Å². The third-order valence-electron chi connectivity index (χ3n) is 3.63. The van der Waals surface area contributed by atoms with Crippen molar-refractivity contribution < 1.29 is 14.4 Å². The molecule has 3 rings (SSSR count). The molecule has 6 heteroatoms. The van der Waals surface area contributed by atoms with E-state index in [0.717, 1.165) is 0 Å². The normalized spacial score (nSPS) is 14.0. The lowest BCUT2D eigenvalue weighted by Gasteiger charge is -2.20. The summed E-state index contributed by atoms with van der Waals surface area (Å²) in [5, 5.41) is 1.65. The van der Waals surface area contributed by atoms with Gasteiger partial charge in [0.2, 0.25) is 5.91 Å². The number of anilines is 1. The summed E-state index contributed by atoms with van der Waals surface area (Å²) in [4.78, 5) is 37.2. The van der Waals surface area contributed by atoms with Gasteiger partial charge in [-0.15, -0.1) is 23.2 Å². The van der Waals surface area contributed by atoms with Crippen molar-refractivity contribution in [3.05, 3.63) is 64.7 Å². The SMILES string of the molecule is O=C1c2ccccc2C(=O)c2c(NC(=O)[C@H](Cl)CCl)cccc21. The molecule has 0 unspecified atom stereocenters. The molecule has 2 aromatic rings. The average Bonchev–Trinajstić information content (AvgIpc) is 2.58. The summed E-state index contributed by atoms with van der Waals surface area (Å²) < 4.78 is 0. The first-order valence-corrected chi connectivity index (χ1v) is 7.84. The highest BCUT2D eigenvalue weighted by Crippen LogP contribution is 2.32. The van der Waals surface area contributed by atoms with Crippen molar-refractivity contribution in [1.29, 1.82) is 0 Å². The molecule has 1 N–H and O–H groups in total. The van der Waals surface area contributed by atoms with Crippen LogP contribution in [0.1, 0.15) is 31.8 Å². The van der Waals surface area contributed by atoms with Gasteiger partial charge >= 0.3 is 0 Å². The van der Waals surface area contributed by atoms with Gasteiger partial charge in [0.1, 0.15) is 5.38 Å². The van der Waals surface area contributed by atoms with Crippen molar-refractivity contribution in [3.8, 4) is 0 Å². The van der Waals surface area contributed by atoms with Gasteiger partial charge in [0.25, 0.3) is 0 Å². The number of ketones is 2. The van der Waals surface area contributed by atoms with Crippen LogP contribution in [0.3, 0.4) is 0 Å². The van der Waals surface area contributed by atoms with Crippen molar-refractivity contribution in [2.45, 2.75) is 5.38 Å². The lowest BCUT2D eigenvalue weighted by Crippen LogP contribution is -2.28. The molecule has 1 atom stereocenters. The van der Waals surface area contributed by atoms with Gasteiger partial charge in [-0.25, -0.2) is 0 Å². The van der Waals surface area contributed by atoms with Crippen LogP contribution >= 0.6 is 23.2 Å². The summed E-state index contributed by atoms with van der Waals surface area (Å²) in [7, 11) is 0. The standard InChI is InChI=1S/C17H11Cl2NO3/c18-8-12(19)17(23)20-13-7-3-6-11-14(13)16(22)10-5-2-1-4-9(10)15(11)21/h1-7,12H,8H2,(H,20,23)/t12-/m1/s1. The summed E-state index contributed by atoms with van der Waals surface area (Å²) in [5.41, 5.74) is 1.40. The van der Waals surface area contributed by atoms with E-state index in [1.54, 1.807) is 42.5 Å². The van der Waals surface area contributed by atoms with Gasteiger partial charge < -0.3 is 5.32 Å². The molecule has 2 aromatic carbocycles. The molecular formula is C17H11Cl2NO3. The van der Waals surface area contributed by atoms with Gasteiger partial charge in [0, 0.05) is 22.6 Å². The summed E-state index contributed by atoms with van der Waals surface area (Å²) in [6, 6.07) is 11.4. The molecule has 23 heavy (non-hydrogen) atoms. The predicted molar refractivity (Wildman–Crippen MR) is 88.7 cm³/mol. The van der Waals surface area contributed by atoms with E-state index in [4.69, 9.17) is 23.2 Å². The van der Waals surface area contributed by atoms with E-state index in [1.165, 1.54) is 0 Å². The Balaban J connectivity index is 2.09. The molecule has 1 aliphatic carbocycles. The lowest BCUT2D eigenvalue weighted by molar-refractivity contribution is -0.115. The monoisotopic (exact) mass is 347 g/mol. The molecule has 0 bridgehead atoms. The third kappa shape index (κ3) is 2.64. The number of fused-ring (bicyclic) bond motifs is 2. The zero-order valence-electron chi connectivity index (χ0n) is 11.8. The van der Waals surface area contributed by atoms with Crippen molar-refractivity contribution >= 4 is 46.4 Å². The highest BCUT2D eigenvalue weighted by molar-refractivity contribution is 6.38. The Kier molecular flexibility index (Phi) is 4.20. The Bertz CT molecular complexity index is 832. The second-order valence-corrected chi connectivity index (χ2v) is 5.88. The van der Waals surface area contributed by atoms with Crippen LogP contribution in [0, 0.1) is 0 Å². The molecule has 1 aliphatic rings. The maximum atomic E-state index is 12.7. The van der Waals surface area contributed by atoms with E-state index in [9.17, 15) is 14.4 Å². The first kappa shape index (κ1) is 15.7. The molecule has 0 fully saturated rings. The first-order chi connectivity index (χ1) is 11.0. The zero-order chi connectivity index (χ0) is 16.6. The molecule has 0 radical (unpaired) electrons. The molecule has 0 spiro atoms. The van der Waals surface area contributed by atoms with Gasteiger partial charge in [-0.1, -0.05) is 36.4 Å². The van der Waals surface area contributed by atoms with E-state index in [0.29, 0.717) is 11.1 Å². The second-order valence-electron chi connectivity index (χ2n) is 5.04. The number of hydrogen-bond donors (Lipinski definition) is 1. The van der Waals surface area contributed by atoms with Gasteiger partial charge in [-0.05, 0) is 6.07 Å². The van der Waals surface area contributed by atoms with E-state index in [-0.39, 0.29) is 34.3 Å². The molecular weight excluding hydrogens is 337 g/mol. The maximum Gasteiger partial charge on any atom is 0.243 e. The maximum absolute atomic E-state index is 12.7. The number of hydrogen-bond acceptors (Lipinski definition) is 3. The summed E-state index contributed by atoms with van der Waals surface area (Å²) in [6.45, 7) is 0. The Hall–Kier alpha value is -2.17. The van der Waals surface area contributed by atoms with Crippen molar-refractivity contribution in [2.75, 3.05) is 11.2 Å². The molecule has 0 heterocycles. The van der Waals surface area contributed by atoms with Gasteiger partial charge in [0.05, 0.1) is 11.3 Å². The highest BCUT2D eigenvalue weighted by Gasteiger charge is 2.32. The topological polar surface area (TPSA) is 63.2 Å². The Labute approximate surface area is 142 Å². The average molecular weight is 348 g/mol. The third-order valence-corrected chi connectivity index (χ3v) is 4.45. The number of amides is 1.